The maximum Gasteiger partial charge on any atom is 0.224 e. The number of amides is 1. The third-order valence-corrected chi connectivity index (χ3v) is 7.38. The van der Waals surface area contributed by atoms with Crippen LogP contribution in [0.1, 0.15) is 17.5 Å². The number of nitrogens with zero attached hydrogens (tertiary/aromatic N) is 2. The number of hydrogen-bond donors (Lipinski definition) is 1. The number of carbonyl (C=O) groups excluding carboxylic acids is 1. The summed E-state index contributed by atoms with van der Waals surface area (Å²) in [6.07, 6.45) is 1.83. The second-order valence-electron chi connectivity index (χ2n) is 10.1. The number of benzene rings is 3. The van der Waals surface area contributed by atoms with Crippen LogP contribution in [0, 0.1) is 11.8 Å². The third kappa shape index (κ3) is 6.69. The fraction of sp³-hybridized carbons (Fsp3) is 0.433. The molecule has 5 rings (SSSR count). The Morgan fingerprint density at radius 2 is 1.63 bits per heavy atom. The molecule has 5 nitrogen and oxygen atoms in total. The predicted octanol–water partition coefficient (Wildman–Crippen LogP) is 3.97. The van der Waals surface area contributed by atoms with Gasteiger partial charge in [0, 0.05) is 45.8 Å². The van der Waals surface area contributed by atoms with Crippen molar-refractivity contribution in [2.24, 2.45) is 11.8 Å². The molecule has 2 heterocycles. The molecule has 35 heavy (non-hydrogen) atoms. The topological polar surface area (TPSA) is 44.8 Å². The summed E-state index contributed by atoms with van der Waals surface area (Å²) in [5.41, 5.74) is 2.58. The Hall–Kier alpha value is -2.73. The van der Waals surface area contributed by atoms with Gasteiger partial charge in [0.25, 0.3) is 0 Å². The van der Waals surface area contributed by atoms with Crippen LogP contribution < -0.4 is 5.32 Å². The molecule has 0 radical (unpaired) electrons. The Balaban J connectivity index is 1.24. The van der Waals surface area contributed by atoms with Crippen LogP contribution in [-0.4, -0.2) is 68.2 Å². The number of hydrogen-bond acceptors (Lipinski definition) is 4. The quantitative estimate of drug-likeness (QED) is 0.540. The molecule has 0 aromatic heterocycles. The molecule has 2 saturated heterocycles. The van der Waals surface area contributed by atoms with Crippen molar-refractivity contribution in [1.82, 2.24) is 15.1 Å². The minimum absolute atomic E-state index is 0.0334. The second kappa shape index (κ2) is 11.8. The summed E-state index contributed by atoms with van der Waals surface area (Å²) in [6.45, 7) is 8.11. The minimum Gasteiger partial charge on any atom is -0.379 e. The predicted molar refractivity (Wildman–Crippen MR) is 141 cm³/mol. The molecule has 2 atom stereocenters. The number of ether oxygens (including phenoxy) is 1. The average Bonchev–Trinajstić information content (AvgIpc) is 2.89. The molecule has 1 amide bonds. The highest BCUT2D eigenvalue weighted by molar-refractivity contribution is 5.83. The highest BCUT2D eigenvalue weighted by atomic mass is 16.5. The van der Waals surface area contributed by atoms with E-state index in [4.69, 9.17) is 4.74 Å². The molecule has 3 aromatic carbocycles. The van der Waals surface area contributed by atoms with E-state index in [0.717, 1.165) is 65.3 Å². The summed E-state index contributed by atoms with van der Waals surface area (Å²) in [6, 6.07) is 25.7. The molecule has 2 aliphatic heterocycles. The van der Waals surface area contributed by atoms with Gasteiger partial charge >= 0.3 is 0 Å². The number of piperidine rings is 1. The van der Waals surface area contributed by atoms with Crippen molar-refractivity contribution in [2.45, 2.75) is 19.4 Å². The molecule has 3 aromatic rings. The number of morpholine rings is 1. The Bertz CT molecular complexity index is 1100. The van der Waals surface area contributed by atoms with Crippen molar-refractivity contribution in [3.8, 4) is 0 Å². The van der Waals surface area contributed by atoms with Gasteiger partial charge in [-0.15, -0.1) is 0 Å². The SMILES string of the molecule is O=C(NCCc1ccccc1)[C@@H]1C[C@H](CN2CCOCC2)CN(Cc2ccc3ccccc3c2)C1. The molecule has 5 heteroatoms. The zero-order valence-electron chi connectivity index (χ0n) is 20.6. The van der Waals surface area contributed by atoms with E-state index in [1.165, 1.54) is 21.9 Å². The lowest BCUT2D eigenvalue weighted by Crippen LogP contribution is -2.50. The van der Waals surface area contributed by atoms with E-state index in [-0.39, 0.29) is 11.8 Å². The van der Waals surface area contributed by atoms with Crippen molar-refractivity contribution in [3.63, 3.8) is 0 Å². The van der Waals surface area contributed by atoms with E-state index in [1.54, 1.807) is 0 Å². The molecule has 0 saturated carbocycles. The van der Waals surface area contributed by atoms with Crippen molar-refractivity contribution in [2.75, 3.05) is 52.5 Å². The van der Waals surface area contributed by atoms with Gasteiger partial charge in [-0.3, -0.25) is 14.6 Å². The van der Waals surface area contributed by atoms with Crippen LogP contribution >= 0.6 is 0 Å². The lowest BCUT2D eigenvalue weighted by Gasteiger charge is -2.40. The highest BCUT2D eigenvalue weighted by Crippen LogP contribution is 2.26. The van der Waals surface area contributed by atoms with Gasteiger partial charge in [-0.25, -0.2) is 0 Å². The molecule has 2 fully saturated rings. The first-order valence-electron chi connectivity index (χ1n) is 13.0. The minimum atomic E-state index is 0.0334. The average molecular weight is 472 g/mol. The maximum atomic E-state index is 13.2. The van der Waals surface area contributed by atoms with Crippen LogP contribution in [0.4, 0.5) is 0 Å². The molecule has 0 unspecified atom stereocenters. The Kier molecular flexibility index (Phi) is 8.09. The summed E-state index contributed by atoms with van der Waals surface area (Å²) >= 11 is 0. The third-order valence-electron chi connectivity index (χ3n) is 7.38. The lowest BCUT2D eigenvalue weighted by atomic mass is 9.87. The van der Waals surface area contributed by atoms with Gasteiger partial charge in [-0.2, -0.15) is 0 Å². The first-order valence-corrected chi connectivity index (χ1v) is 13.0. The molecule has 1 N–H and O–H groups in total. The fourth-order valence-electron chi connectivity index (χ4n) is 5.62. The number of rotatable bonds is 8. The number of nitrogens with one attached hydrogen (secondary N) is 1. The van der Waals surface area contributed by atoms with Gasteiger partial charge in [-0.1, -0.05) is 66.7 Å². The van der Waals surface area contributed by atoms with Crippen LogP contribution in [0.3, 0.4) is 0 Å². The van der Waals surface area contributed by atoms with E-state index < -0.39 is 0 Å². The summed E-state index contributed by atoms with van der Waals surface area (Å²) in [7, 11) is 0. The highest BCUT2D eigenvalue weighted by Gasteiger charge is 2.32. The van der Waals surface area contributed by atoms with Gasteiger partial charge in [-0.05, 0) is 46.7 Å². The van der Waals surface area contributed by atoms with Gasteiger partial charge < -0.3 is 10.1 Å². The Morgan fingerprint density at radius 1 is 0.857 bits per heavy atom. The number of carbonyl (C=O) groups is 1. The molecule has 2 aliphatic rings. The van der Waals surface area contributed by atoms with Crippen LogP contribution in [0.2, 0.25) is 0 Å². The number of likely N-dealkylation sites (tertiary alicyclic amines) is 1. The van der Waals surface area contributed by atoms with Crippen molar-refractivity contribution in [3.05, 3.63) is 83.9 Å². The van der Waals surface area contributed by atoms with Gasteiger partial charge in [0.1, 0.15) is 0 Å². The summed E-state index contributed by atoms with van der Waals surface area (Å²) in [5, 5.41) is 5.79. The molecule has 184 valence electrons. The van der Waals surface area contributed by atoms with E-state index in [2.05, 4.69) is 81.8 Å². The van der Waals surface area contributed by atoms with Crippen molar-refractivity contribution >= 4 is 16.7 Å². The molecule has 0 spiro atoms. The van der Waals surface area contributed by atoms with Crippen LogP contribution in [-0.2, 0) is 22.5 Å². The van der Waals surface area contributed by atoms with E-state index >= 15 is 0 Å². The smallest absolute Gasteiger partial charge is 0.224 e. The lowest BCUT2D eigenvalue weighted by molar-refractivity contribution is -0.127. The summed E-state index contributed by atoms with van der Waals surface area (Å²) < 4.78 is 5.55. The standard InChI is InChI=1S/C30H37N3O2/c34-30(31-13-12-24-6-2-1-3-7-24)29-19-26(21-32-14-16-35-17-15-32)22-33(23-29)20-25-10-11-27-8-4-5-9-28(27)18-25/h1-11,18,26,29H,12-17,19-23H2,(H,31,34)/t26-,29-/m1/s1. The Morgan fingerprint density at radius 3 is 2.46 bits per heavy atom. The first kappa shape index (κ1) is 24.0. The summed E-state index contributed by atoms with van der Waals surface area (Å²) in [4.78, 5) is 18.2. The zero-order valence-corrected chi connectivity index (χ0v) is 20.6. The van der Waals surface area contributed by atoms with Crippen LogP contribution in [0.25, 0.3) is 10.8 Å². The zero-order chi connectivity index (χ0) is 23.9. The van der Waals surface area contributed by atoms with Crippen molar-refractivity contribution in [1.29, 1.82) is 0 Å². The van der Waals surface area contributed by atoms with Gasteiger partial charge in [0.05, 0.1) is 19.1 Å². The van der Waals surface area contributed by atoms with E-state index in [0.29, 0.717) is 12.5 Å². The molecule has 0 aliphatic carbocycles. The number of fused-ring (bicyclic) bond motifs is 1. The first-order chi connectivity index (χ1) is 17.2. The fourth-order valence-corrected chi connectivity index (χ4v) is 5.62. The van der Waals surface area contributed by atoms with E-state index in [9.17, 15) is 4.79 Å². The summed E-state index contributed by atoms with van der Waals surface area (Å²) in [5.74, 6) is 0.731. The molecular formula is C30H37N3O2. The van der Waals surface area contributed by atoms with Crippen LogP contribution in [0.15, 0.2) is 72.8 Å². The monoisotopic (exact) mass is 471 g/mol. The van der Waals surface area contributed by atoms with E-state index in [1.807, 2.05) is 6.07 Å². The van der Waals surface area contributed by atoms with Gasteiger partial charge in [0.2, 0.25) is 5.91 Å². The maximum absolute atomic E-state index is 13.2. The second-order valence-corrected chi connectivity index (χ2v) is 10.1. The Labute approximate surface area is 209 Å². The van der Waals surface area contributed by atoms with Crippen LogP contribution in [0.5, 0.6) is 0 Å². The normalized spacial score (nSPS) is 21.7. The van der Waals surface area contributed by atoms with Crippen molar-refractivity contribution < 1.29 is 9.53 Å². The largest absolute Gasteiger partial charge is 0.379 e. The van der Waals surface area contributed by atoms with Gasteiger partial charge in [0.15, 0.2) is 0 Å². The molecular weight excluding hydrogens is 434 g/mol. The molecule has 0 bridgehead atoms.